The van der Waals surface area contributed by atoms with Gasteiger partial charge in [0.05, 0.1) is 11.6 Å². The van der Waals surface area contributed by atoms with Crippen molar-refractivity contribution in [2.24, 2.45) is 4.99 Å². The van der Waals surface area contributed by atoms with Crippen molar-refractivity contribution in [1.82, 2.24) is 0 Å². The minimum absolute atomic E-state index is 0.146. The fourth-order valence-corrected chi connectivity index (χ4v) is 1.30. The summed E-state index contributed by atoms with van der Waals surface area (Å²) < 4.78 is 0. The highest BCUT2D eigenvalue weighted by Gasteiger charge is 2.34. The molecule has 1 rings (SSSR count). The molecule has 0 N–H and O–H groups in total. The topological polar surface area (TPSA) is 29.4 Å². The number of hydrogen-bond donors (Lipinski definition) is 0. The average molecular weight is 212 g/mol. The van der Waals surface area contributed by atoms with Crippen LogP contribution in [0.25, 0.3) is 0 Å². The summed E-state index contributed by atoms with van der Waals surface area (Å²) in [5.41, 5.74) is 0. The standard InChI is InChI=1S/C6H4Cl3NO/c7-4-1-6(9,5(8)11)3-10-2-4/h1-2H,3H2. The number of rotatable bonds is 1. The molecule has 0 radical (unpaired) electrons. The number of hydrogen-bond acceptors (Lipinski definition) is 2. The normalized spacial score (nSPS) is 29.9. The van der Waals surface area contributed by atoms with Crippen LogP contribution in [0.1, 0.15) is 0 Å². The zero-order valence-electron chi connectivity index (χ0n) is 5.35. The quantitative estimate of drug-likeness (QED) is 0.482. The molecule has 2 nitrogen and oxygen atoms in total. The first-order valence-corrected chi connectivity index (χ1v) is 3.95. The van der Waals surface area contributed by atoms with E-state index in [4.69, 9.17) is 34.8 Å². The Kier molecular flexibility index (Phi) is 2.58. The summed E-state index contributed by atoms with van der Waals surface area (Å²) >= 11 is 16.5. The summed E-state index contributed by atoms with van der Waals surface area (Å²) in [5.74, 6) is 0. The van der Waals surface area contributed by atoms with Gasteiger partial charge in [-0.3, -0.25) is 9.79 Å². The third-order valence-electron chi connectivity index (χ3n) is 1.23. The van der Waals surface area contributed by atoms with E-state index in [-0.39, 0.29) is 6.54 Å². The van der Waals surface area contributed by atoms with E-state index in [1.165, 1.54) is 12.3 Å². The molecule has 1 heterocycles. The lowest BCUT2D eigenvalue weighted by molar-refractivity contribution is -0.112. The maximum absolute atomic E-state index is 10.7. The van der Waals surface area contributed by atoms with E-state index in [2.05, 4.69) is 4.99 Å². The number of carbonyl (C=O) groups excluding carboxylic acids is 1. The van der Waals surface area contributed by atoms with Gasteiger partial charge in [0.1, 0.15) is 0 Å². The van der Waals surface area contributed by atoms with Crippen LogP contribution in [0.3, 0.4) is 0 Å². The zero-order chi connectivity index (χ0) is 8.48. The molecule has 0 aromatic carbocycles. The number of aliphatic imine (C=N–C) groups is 1. The molecule has 1 aliphatic rings. The molecule has 0 aromatic heterocycles. The van der Waals surface area contributed by atoms with Gasteiger partial charge in [0, 0.05) is 6.21 Å². The van der Waals surface area contributed by atoms with Crippen LogP contribution in [0.15, 0.2) is 16.1 Å². The Morgan fingerprint density at radius 1 is 1.73 bits per heavy atom. The number of dihydropyridines is 1. The maximum atomic E-state index is 10.7. The maximum Gasteiger partial charge on any atom is 0.248 e. The second kappa shape index (κ2) is 3.13. The summed E-state index contributed by atoms with van der Waals surface area (Å²) in [7, 11) is 0. The van der Waals surface area contributed by atoms with Crippen LogP contribution in [-0.2, 0) is 4.79 Å². The van der Waals surface area contributed by atoms with E-state index >= 15 is 0 Å². The lowest BCUT2D eigenvalue weighted by Gasteiger charge is -2.18. The molecule has 60 valence electrons. The largest absolute Gasteiger partial charge is 0.289 e. The number of allylic oxidation sites excluding steroid dienone is 1. The van der Waals surface area contributed by atoms with Crippen molar-refractivity contribution in [2.45, 2.75) is 4.87 Å². The van der Waals surface area contributed by atoms with Gasteiger partial charge in [0.2, 0.25) is 5.24 Å². The van der Waals surface area contributed by atoms with Crippen LogP contribution < -0.4 is 0 Å². The zero-order valence-corrected chi connectivity index (χ0v) is 7.62. The molecular formula is C6H4Cl3NO. The van der Waals surface area contributed by atoms with Crippen molar-refractivity contribution >= 4 is 46.3 Å². The number of carbonyl (C=O) groups is 1. The molecule has 11 heavy (non-hydrogen) atoms. The summed E-state index contributed by atoms with van der Waals surface area (Å²) in [5, 5.41) is -0.325. The number of halogens is 3. The van der Waals surface area contributed by atoms with Crippen LogP contribution in [-0.4, -0.2) is 22.9 Å². The van der Waals surface area contributed by atoms with E-state index in [9.17, 15) is 4.79 Å². The van der Waals surface area contributed by atoms with E-state index in [0.717, 1.165) is 0 Å². The van der Waals surface area contributed by atoms with Gasteiger partial charge in [-0.15, -0.1) is 11.6 Å². The van der Waals surface area contributed by atoms with Gasteiger partial charge in [-0.25, -0.2) is 0 Å². The van der Waals surface area contributed by atoms with Crippen LogP contribution in [0, 0.1) is 0 Å². The van der Waals surface area contributed by atoms with Crippen molar-refractivity contribution < 1.29 is 4.79 Å². The molecule has 0 aliphatic carbocycles. The summed E-state index contributed by atoms with van der Waals surface area (Å²) in [6.45, 7) is 0.146. The Hall–Kier alpha value is -0.0500. The van der Waals surface area contributed by atoms with Crippen molar-refractivity contribution in [3.8, 4) is 0 Å². The first kappa shape index (κ1) is 9.04. The van der Waals surface area contributed by atoms with Crippen molar-refractivity contribution in [3.05, 3.63) is 11.1 Å². The van der Waals surface area contributed by atoms with Gasteiger partial charge >= 0.3 is 0 Å². The first-order valence-electron chi connectivity index (χ1n) is 2.82. The second-order valence-corrected chi connectivity index (χ2v) is 3.59. The molecule has 0 fully saturated rings. The van der Waals surface area contributed by atoms with Gasteiger partial charge in [0.15, 0.2) is 4.87 Å². The van der Waals surface area contributed by atoms with Crippen LogP contribution in [0.5, 0.6) is 0 Å². The Morgan fingerprint density at radius 2 is 2.36 bits per heavy atom. The molecule has 5 heteroatoms. The van der Waals surface area contributed by atoms with Crippen molar-refractivity contribution in [3.63, 3.8) is 0 Å². The Labute approximate surface area is 78.8 Å². The highest BCUT2D eigenvalue weighted by Crippen LogP contribution is 2.26. The summed E-state index contributed by atoms with van der Waals surface area (Å²) in [6, 6.07) is 0. The molecule has 1 unspecified atom stereocenters. The van der Waals surface area contributed by atoms with Crippen molar-refractivity contribution in [2.75, 3.05) is 6.54 Å². The fraction of sp³-hybridized carbons (Fsp3) is 0.333. The fourth-order valence-electron chi connectivity index (χ4n) is 0.686. The molecule has 0 spiro atoms. The molecule has 0 aromatic rings. The summed E-state index contributed by atoms with van der Waals surface area (Å²) in [4.78, 5) is 13.2. The van der Waals surface area contributed by atoms with E-state index in [1.54, 1.807) is 0 Å². The molecule has 1 aliphatic heterocycles. The molecule has 0 saturated carbocycles. The van der Waals surface area contributed by atoms with Crippen molar-refractivity contribution in [1.29, 1.82) is 0 Å². The molecule has 1 atom stereocenters. The predicted molar refractivity (Wildman–Crippen MR) is 46.7 cm³/mol. The van der Waals surface area contributed by atoms with Crippen LogP contribution in [0.4, 0.5) is 0 Å². The number of alkyl halides is 1. The molecule has 0 saturated heterocycles. The first-order chi connectivity index (χ1) is 5.04. The lowest BCUT2D eigenvalue weighted by Crippen LogP contribution is -2.32. The van der Waals surface area contributed by atoms with E-state index < -0.39 is 10.1 Å². The smallest absolute Gasteiger partial charge is 0.248 e. The molecule has 0 amide bonds. The van der Waals surface area contributed by atoms with Crippen LogP contribution >= 0.6 is 34.8 Å². The number of nitrogens with zero attached hydrogens (tertiary/aromatic N) is 1. The Balaban J connectivity index is 2.92. The van der Waals surface area contributed by atoms with Gasteiger partial charge < -0.3 is 0 Å². The van der Waals surface area contributed by atoms with E-state index in [1.807, 2.05) is 0 Å². The van der Waals surface area contributed by atoms with Gasteiger partial charge in [-0.05, 0) is 17.7 Å². The van der Waals surface area contributed by atoms with Gasteiger partial charge in [-0.1, -0.05) is 11.6 Å². The minimum atomic E-state index is -1.24. The van der Waals surface area contributed by atoms with E-state index in [0.29, 0.717) is 5.03 Å². The second-order valence-electron chi connectivity index (χ2n) is 2.14. The monoisotopic (exact) mass is 211 g/mol. The highest BCUT2D eigenvalue weighted by atomic mass is 35.5. The third-order valence-corrected chi connectivity index (χ3v) is 2.27. The Bertz CT molecular complexity index is 248. The summed E-state index contributed by atoms with van der Waals surface area (Å²) in [6.07, 6.45) is 2.82. The Morgan fingerprint density at radius 3 is 2.73 bits per heavy atom. The van der Waals surface area contributed by atoms with Crippen LogP contribution in [0.2, 0.25) is 0 Å². The van der Waals surface area contributed by atoms with Gasteiger partial charge in [-0.2, -0.15) is 0 Å². The molecule has 0 bridgehead atoms. The van der Waals surface area contributed by atoms with Gasteiger partial charge in [0.25, 0.3) is 0 Å². The highest BCUT2D eigenvalue weighted by molar-refractivity contribution is 6.71. The molecular weight excluding hydrogens is 208 g/mol. The lowest BCUT2D eigenvalue weighted by atomic mass is 10.1. The third kappa shape index (κ3) is 1.95. The SMILES string of the molecule is O=C(Cl)C1(Cl)C=C(Cl)C=NC1. The average Bonchev–Trinajstić information content (AvgIpc) is 1.86. The minimum Gasteiger partial charge on any atom is -0.289 e. The predicted octanol–water partition coefficient (Wildman–Crippen LogP) is 1.94.